The van der Waals surface area contributed by atoms with Crippen LogP contribution in [0.1, 0.15) is 42.7 Å². The van der Waals surface area contributed by atoms with Gasteiger partial charge in [-0.1, -0.05) is 37.6 Å². The minimum absolute atomic E-state index is 0.0136. The molecule has 1 aliphatic heterocycles. The molecule has 2 heteroatoms. The topological polar surface area (TPSA) is 26.3 Å². The molecule has 1 saturated heterocycles. The smallest absolute Gasteiger partial charge is 0.310 e. The van der Waals surface area contributed by atoms with Crippen LogP contribution in [0.2, 0.25) is 0 Å². The Kier molecular flexibility index (Phi) is 2.23. The van der Waals surface area contributed by atoms with Gasteiger partial charge >= 0.3 is 5.97 Å². The fourth-order valence-electron chi connectivity index (χ4n) is 3.29. The van der Waals surface area contributed by atoms with Crippen LogP contribution in [0.15, 0.2) is 24.3 Å². The van der Waals surface area contributed by atoms with Gasteiger partial charge in [0.25, 0.3) is 0 Å². The molecule has 3 rings (SSSR count). The molecule has 1 heterocycles. The first kappa shape index (κ1) is 9.88. The number of carbonyl (C=O) groups excluding carboxylic acids is 1. The van der Waals surface area contributed by atoms with Crippen LogP contribution >= 0.6 is 0 Å². The third-order valence-electron chi connectivity index (χ3n) is 3.94. The van der Waals surface area contributed by atoms with Crippen molar-refractivity contribution in [2.75, 3.05) is 6.61 Å². The third-order valence-corrected chi connectivity index (χ3v) is 3.94. The van der Waals surface area contributed by atoms with Crippen molar-refractivity contribution in [1.82, 2.24) is 0 Å². The highest BCUT2D eigenvalue weighted by Gasteiger charge is 2.49. The summed E-state index contributed by atoms with van der Waals surface area (Å²) in [4.78, 5) is 11.8. The maximum atomic E-state index is 11.8. The first-order valence-electron chi connectivity index (χ1n) is 6.08. The van der Waals surface area contributed by atoms with E-state index in [4.69, 9.17) is 4.74 Å². The number of rotatable bonds is 2. The van der Waals surface area contributed by atoms with Crippen LogP contribution in [0.4, 0.5) is 0 Å². The lowest BCUT2D eigenvalue weighted by Gasteiger charge is -2.15. The van der Waals surface area contributed by atoms with Crippen LogP contribution < -0.4 is 0 Å². The zero-order chi connectivity index (χ0) is 11.1. The molecule has 1 aromatic rings. The number of hydrogen-bond acceptors (Lipinski definition) is 2. The molecule has 1 aromatic carbocycles. The van der Waals surface area contributed by atoms with Gasteiger partial charge in [0.1, 0.15) is 0 Å². The zero-order valence-electron chi connectivity index (χ0n) is 9.48. The van der Waals surface area contributed by atoms with Crippen molar-refractivity contribution < 1.29 is 9.53 Å². The number of cyclic esters (lactones) is 1. The van der Waals surface area contributed by atoms with Crippen LogP contribution in [0.3, 0.4) is 0 Å². The molecule has 3 atom stereocenters. The molecular formula is C14H16O2. The monoisotopic (exact) mass is 216 g/mol. The van der Waals surface area contributed by atoms with Crippen molar-refractivity contribution in [2.45, 2.75) is 31.6 Å². The van der Waals surface area contributed by atoms with Gasteiger partial charge < -0.3 is 4.74 Å². The minimum Gasteiger partial charge on any atom is -0.465 e. The Morgan fingerprint density at radius 3 is 2.81 bits per heavy atom. The zero-order valence-corrected chi connectivity index (χ0v) is 9.48. The maximum absolute atomic E-state index is 11.8. The average molecular weight is 216 g/mol. The summed E-state index contributed by atoms with van der Waals surface area (Å²) in [6.45, 7) is 2.76. The summed E-state index contributed by atoms with van der Waals surface area (Å²) in [7, 11) is 0. The van der Waals surface area contributed by atoms with Gasteiger partial charge in [-0.25, -0.2) is 0 Å². The number of fused-ring (bicyclic) bond motifs is 3. The van der Waals surface area contributed by atoms with Crippen LogP contribution in [0, 0.1) is 5.92 Å². The minimum atomic E-state index is 0.0136. The van der Waals surface area contributed by atoms with Crippen molar-refractivity contribution >= 4 is 5.97 Å². The Hall–Kier alpha value is -1.31. The Morgan fingerprint density at radius 2 is 2.06 bits per heavy atom. The summed E-state index contributed by atoms with van der Waals surface area (Å²) in [5.74, 6) is 0.818. The highest BCUT2D eigenvalue weighted by Crippen LogP contribution is 2.51. The van der Waals surface area contributed by atoms with Gasteiger partial charge in [-0.15, -0.1) is 0 Å². The second-order valence-electron chi connectivity index (χ2n) is 4.79. The summed E-state index contributed by atoms with van der Waals surface area (Å²) in [5.41, 5.74) is 2.73. The molecule has 0 aromatic heterocycles. The van der Waals surface area contributed by atoms with E-state index in [1.807, 2.05) is 0 Å². The van der Waals surface area contributed by atoms with Gasteiger partial charge in [0.05, 0.1) is 12.5 Å². The number of carbonyl (C=O) groups is 1. The summed E-state index contributed by atoms with van der Waals surface area (Å²) in [6, 6.07) is 8.48. The normalized spacial score (nSPS) is 31.1. The van der Waals surface area contributed by atoms with Crippen LogP contribution in [0.25, 0.3) is 0 Å². The number of benzene rings is 1. The van der Waals surface area contributed by atoms with E-state index in [0.717, 1.165) is 12.8 Å². The molecule has 84 valence electrons. The summed E-state index contributed by atoms with van der Waals surface area (Å²) in [5, 5.41) is 0. The van der Waals surface area contributed by atoms with Gasteiger partial charge in [-0.05, 0) is 23.5 Å². The van der Waals surface area contributed by atoms with E-state index >= 15 is 0 Å². The summed E-state index contributed by atoms with van der Waals surface area (Å²) in [6.07, 6.45) is 2.21. The van der Waals surface area contributed by atoms with E-state index in [-0.39, 0.29) is 11.9 Å². The maximum Gasteiger partial charge on any atom is 0.310 e. The summed E-state index contributed by atoms with van der Waals surface area (Å²) < 4.78 is 5.21. The molecule has 0 spiro atoms. The van der Waals surface area contributed by atoms with E-state index in [9.17, 15) is 4.79 Å². The van der Waals surface area contributed by atoms with E-state index in [0.29, 0.717) is 18.4 Å². The van der Waals surface area contributed by atoms with E-state index in [2.05, 4.69) is 31.2 Å². The predicted molar refractivity (Wildman–Crippen MR) is 61.3 cm³/mol. The van der Waals surface area contributed by atoms with Crippen LogP contribution in [-0.2, 0) is 9.53 Å². The van der Waals surface area contributed by atoms with Crippen LogP contribution in [0.5, 0.6) is 0 Å². The Balaban J connectivity index is 2.06. The SMILES string of the molecule is CCC[C@H]1c2ccccc2[C@@H]2COC(=O)[C@H]12. The lowest BCUT2D eigenvalue weighted by molar-refractivity contribution is -0.141. The van der Waals surface area contributed by atoms with Crippen molar-refractivity contribution in [3.63, 3.8) is 0 Å². The van der Waals surface area contributed by atoms with E-state index < -0.39 is 0 Å². The quantitative estimate of drug-likeness (QED) is 0.710. The van der Waals surface area contributed by atoms with Crippen molar-refractivity contribution in [1.29, 1.82) is 0 Å². The van der Waals surface area contributed by atoms with Crippen molar-refractivity contribution in [3.05, 3.63) is 35.4 Å². The molecule has 0 radical (unpaired) electrons. The standard InChI is InChI=1S/C14H16O2/c1-2-5-11-9-6-3-4-7-10(9)12-8-16-14(15)13(11)12/h3-4,6-7,11-13H,2,5,8H2,1H3/t11-,12-,13+/m0/s1. The Bertz CT molecular complexity index is 424. The number of hydrogen-bond donors (Lipinski definition) is 0. The molecule has 2 aliphatic rings. The lowest BCUT2D eigenvalue weighted by atomic mass is 9.86. The van der Waals surface area contributed by atoms with E-state index in [1.54, 1.807) is 0 Å². The first-order chi connectivity index (χ1) is 7.83. The number of ether oxygens (including phenoxy) is 1. The first-order valence-corrected chi connectivity index (χ1v) is 6.08. The molecule has 2 nitrogen and oxygen atoms in total. The Labute approximate surface area is 95.6 Å². The highest BCUT2D eigenvalue weighted by molar-refractivity contribution is 5.79. The van der Waals surface area contributed by atoms with Gasteiger partial charge in [-0.3, -0.25) is 4.79 Å². The van der Waals surface area contributed by atoms with E-state index in [1.165, 1.54) is 11.1 Å². The van der Waals surface area contributed by atoms with Crippen molar-refractivity contribution in [3.8, 4) is 0 Å². The van der Waals surface area contributed by atoms with Crippen LogP contribution in [-0.4, -0.2) is 12.6 Å². The molecule has 1 fully saturated rings. The second kappa shape index (κ2) is 3.62. The lowest BCUT2D eigenvalue weighted by Crippen LogP contribution is -2.16. The molecule has 0 amide bonds. The fourth-order valence-corrected chi connectivity index (χ4v) is 3.29. The molecule has 0 saturated carbocycles. The molecule has 0 bridgehead atoms. The molecule has 0 N–H and O–H groups in total. The molecular weight excluding hydrogens is 200 g/mol. The third kappa shape index (κ3) is 1.22. The molecule has 0 unspecified atom stereocenters. The molecule has 1 aliphatic carbocycles. The second-order valence-corrected chi connectivity index (χ2v) is 4.79. The summed E-state index contributed by atoms with van der Waals surface area (Å²) >= 11 is 0. The average Bonchev–Trinajstić information content (AvgIpc) is 2.81. The Morgan fingerprint density at radius 1 is 1.31 bits per heavy atom. The number of esters is 1. The highest BCUT2D eigenvalue weighted by atomic mass is 16.5. The fraction of sp³-hybridized carbons (Fsp3) is 0.500. The van der Waals surface area contributed by atoms with Crippen molar-refractivity contribution in [2.24, 2.45) is 5.92 Å². The van der Waals surface area contributed by atoms with Gasteiger partial charge in [0.2, 0.25) is 0 Å². The van der Waals surface area contributed by atoms with Gasteiger partial charge in [-0.2, -0.15) is 0 Å². The van der Waals surface area contributed by atoms with Gasteiger partial charge in [0, 0.05) is 5.92 Å². The predicted octanol–water partition coefficient (Wildman–Crippen LogP) is 2.84. The van der Waals surface area contributed by atoms with Gasteiger partial charge in [0.15, 0.2) is 0 Å². The largest absolute Gasteiger partial charge is 0.465 e. The molecule has 16 heavy (non-hydrogen) atoms.